The Morgan fingerprint density at radius 3 is 2.74 bits per heavy atom. The molecule has 3 heterocycles. The third-order valence-corrected chi connectivity index (χ3v) is 6.11. The molecule has 1 fully saturated rings. The molecule has 2 N–H and O–H groups in total. The fraction of sp³-hybridized carbons (Fsp3) is 0.524. The van der Waals surface area contributed by atoms with Gasteiger partial charge in [0.05, 0.1) is 10.2 Å². The highest BCUT2D eigenvalue weighted by atomic mass is 32.1. The first kappa shape index (κ1) is 20.0. The topological polar surface area (TPSA) is 53.1 Å². The van der Waals surface area contributed by atoms with Crippen LogP contribution >= 0.6 is 11.3 Å². The molecule has 1 aliphatic rings. The van der Waals surface area contributed by atoms with Crippen molar-refractivity contribution in [3.63, 3.8) is 0 Å². The summed E-state index contributed by atoms with van der Waals surface area (Å²) in [5.74, 6) is 0.939. The SMILES string of the molecule is C=C(C)/C(=C(/C)CC)c1csc2c(N[C@@H](C)CN3CCNCC3)ncnc12. The van der Waals surface area contributed by atoms with Gasteiger partial charge in [-0.2, -0.15) is 0 Å². The second-order valence-corrected chi connectivity index (χ2v) is 8.31. The maximum atomic E-state index is 4.61. The lowest BCUT2D eigenvalue weighted by Gasteiger charge is -2.30. The first-order valence-corrected chi connectivity index (χ1v) is 10.7. The van der Waals surface area contributed by atoms with Crippen molar-refractivity contribution in [2.24, 2.45) is 0 Å². The quantitative estimate of drug-likeness (QED) is 0.701. The average Bonchev–Trinajstić information content (AvgIpc) is 3.07. The van der Waals surface area contributed by atoms with Crippen LogP contribution in [0.1, 0.15) is 39.7 Å². The summed E-state index contributed by atoms with van der Waals surface area (Å²) in [5.41, 5.74) is 5.89. The first-order chi connectivity index (χ1) is 13.0. The van der Waals surface area contributed by atoms with Crippen LogP contribution in [0.2, 0.25) is 0 Å². The van der Waals surface area contributed by atoms with E-state index in [0.29, 0.717) is 6.04 Å². The minimum absolute atomic E-state index is 0.334. The predicted molar refractivity (Wildman–Crippen MR) is 118 cm³/mol. The van der Waals surface area contributed by atoms with Crippen molar-refractivity contribution in [2.45, 2.75) is 40.2 Å². The highest BCUT2D eigenvalue weighted by Gasteiger charge is 2.18. The Morgan fingerprint density at radius 1 is 1.33 bits per heavy atom. The molecule has 0 spiro atoms. The summed E-state index contributed by atoms with van der Waals surface area (Å²) in [4.78, 5) is 11.7. The van der Waals surface area contributed by atoms with E-state index in [4.69, 9.17) is 0 Å². The number of fused-ring (bicyclic) bond motifs is 1. The van der Waals surface area contributed by atoms with Gasteiger partial charge in [0.2, 0.25) is 0 Å². The van der Waals surface area contributed by atoms with E-state index in [1.165, 1.54) is 16.7 Å². The Morgan fingerprint density at radius 2 is 2.07 bits per heavy atom. The minimum atomic E-state index is 0.334. The molecule has 27 heavy (non-hydrogen) atoms. The molecule has 0 bridgehead atoms. The van der Waals surface area contributed by atoms with Gasteiger partial charge in [0, 0.05) is 49.7 Å². The summed E-state index contributed by atoms with van der Waals surface area (Å²) in [6.45, 7) is 18.3. The van der Waals surface area contributed by atoms with E-state index in [9.17, 15) is 0 Å². The summed E-state index contributed by atoms with van der Waals surface area (Å²) in [5, 5.41) is 9.22. The Labute approximate surface area is 166 Å². The van der Waals surface area contributed by atoms with Gasteiger partial charge in [0.15, 0.2) is 0 Å². The van der Waals surface area contributed by atoms with E-state index in [1.807, 2.05) is 0 Å². The molecule has 146 valence electrons. The maximum absolute atomic E-state index is 4.61. The van der Waals surface area contributed by atoms with E-state index in [-0.39, 0.29) is 0 Å². The van der Waals surface area contributed by atoms with E-state index in [2.05, 4.69) is 65.2 Å². The summed E-state index contributed by atoms with van der Waals surface area (Å²) < 4.78 is 1.13. The number of nitrogens with zero attached hydrogens (tertiary/aromatic N) is 3. The highest BCUT2D eigenvalue weighted by molar-refractivity contribution is 7.18. The summed E-state index contributed by atoms with van der Waals surface area (Å²) in [6.07, 6.45) is 2.69. The van der Waals surface area contributed by atoms with E-state index in [0.717, 1.165) is 60.8 Å². The van der Waals surface area contributed by atoms with Crippen molar-refractivity contribution in [3.05, 3.63) is 35.0 Å². The number of nitrogens with one attached hydrogen (secondary N) is 2. The molecule has 5 nitrogen and oxygen atoms in total. The molecule has 0 saturated carbocycles. The Kier molecular flexibility index (Phi) is 6.63. The molecule has 0 aromatic carbocycles. The van der Waals surface area contributed by atoms with Crippen molar-refractivity contribution >= 4 is 32.9 Å². The molecule has 1 saturated heterocycles. The van der Waals surface area contributed by atoms with Crippen LogP contribution in [0.3, 0.4) is 0 Å². The average molecular weight is 386 g/mol. The second-order valence-electron chi connectivity index (χ2n) is 7.43. The number of hydrogen-bond acceptors (Lipinski definition) is 6. The smallest absolute Gasteiger partial charge is 0.147 e. The fourth-order valence-electron chi connectivity index (χ4n) is 3.69. The largest absolute Gasteiger partial charge is 0.365 e. The van der Waals surface area contributed by atoms with Gasteiger partial charge in [-0.25, -0.2) is 9.97 Å². The Balaban J connectivity index is 1.86. The predicted octanol–water partition coefficient (Wildman–Crippen LogP) is 4.16. The van der Waals surface area contributed by atoms with Gasteiger partial charge in [-0.15, -0.1) is 11.3 Å². The molecule has 2 aromatic heterocycles. The van der Waals surface area contributed by atoms with E-state index < -0.39 is 0 Å². The minimum Gasteiger partial charge on any atom is -0.365 e. The number of aromatic nitrogens is 2. The van der Waals surface area contributed by atoms with E-state index >= 15 is 0 Å². The van der Waals surface area contributed by atoms with Gasteiger partial charge in [-0.1, -0.05) is 24.6 Å². The summed E-state index contributed by atoms with van der Waals surface area (Å²) in [7, 11) is 0. The standard InChI is InChI=1S/C21H31N5S/c1-6-15(4)18(14(2)3)17-12-27-20-19(17)23-13-24-21(20)25-16(5)11-26-9-7-22-8-10-26/h12-13,16,22H,2,6-11H2,1,3-5H3,(H,23,24,25)/b18-15+/t16-/m0/s1. The third-order valence-electron chi connectivity index (χ3n) is 5.13. The molecule has 0 amide bonds. The number of rotatable bonds is 7. The maximum Gasteiger partial charge on any atom is 0.147 e. The lowest BCUT2D eigenvalue weighted by Crippen LogP contribution is -2.47. The molecular formula is C21H31N5S. The molecule has 0 aliphatic carbocycles. The molecule has 0 radical (unpaired) electrons. The van der Waals surface area contributed by atoms with Gasteiger partial charge < -0.3 is 10.6 Å². The molecule has 6 heteroatoms. The van der Waals surface area contributed by atoms with Crippen molar-refractivity contribution in [1.29, 1.82) is 0 Å². The number of hydrogen-bond donors (Lipinski definition) is 2. The van der Waals surface area contributed by atoms with Crippen LogP contribution in [0.5, 0.6) is 0 Å². The van der Waals surface area contributed by atoms with Crippen LogP contribution in [0, 0.1) is 0 Å². The first-order valence-electron chi connectivity index (χ1n) is 9.79. The molecule has 0 unspecified atom stereocenters. The van der Waals surface area contributed by atoms with Gasteiger partial charge in [-0.3, -0.25) is 4.90 Å². The van der Waals surface area contributed by atoms with Crippen LogP contribution in [0.25, 0.3) is 15.8 Å². The third kappa shape index (κ3) is 4.57. The van der Waals surface area contributed by atoms with Crippen LogP contribution in [0.4, 0.5) is 5.82 Å². The normalized spacial score (nSPS) is 17.6. The van der Waals surface area contributed by atoms with Gasteiger partial charge >= 0.3 is 0 Å². The molecule has 1 aliphatic heterocycles. The van der Waals surface area contributed by atoms with Crippen molar-refractivity contribution in [2.75, 3.05) is 38.0 Å². The van der Waals surface area contributed by atoms with Crippen LogP contribution in [0.15, 0.2) is 29.4 Å². The molecule has 2 aromatic rings. The molecule has 3 rings (SSSR count). The Bertz CT molecular complexity index is 832. The summed E-state index contributed by atoms with van der Waals surface area (Å²) in [6, 6.07) is 0.334. The number of allylic oxidation sites excluding steroid dienone is 3. The summed E-state index contributed by atoms with van der Waals surface area (Å²) >= 11 is 1.72. The zero-order valence-corrected chi connectivity index (χ0v) is 17.7. The van der Waals surface area contributed by atoms with Crippen LogP contribution in [-0.2, 0) is 0 Å². The monoisotopic (exact) mass is 385 g/mol. The fourth-order valence-corrected chi connectivity index (χ4v) is 4.65. The molecular weight excluding hydrogens is 354 g/mol. The van der Waals surface area contributed by atoms with Gasteiger partial charge in [-0.05, 0) is 32.8 Å². The van der Waals surface area contributed by atoms with E-state index in [1.54, 1.807) is 17.7 Å². The van der Waals surface area contributed by atoms with Crippen molar-refractivity contribution in [1.82, 2.24) is 20.2 Å². The van der Waals surface area contributed by atoms with Crippen molar-refractivity contribution < 1.29 is 0 Å². The second kappa shape index (κ2) is 8.95. The highest BCUT2D eigenvalue weighted by Crippen LogP contribution is 2.37. The van der Waals surface area contributed by atoms with Gasteiger partial charge in [0.25, 0.3) is 0 Å². The number of anilines is 1. The number of piperazine rings is 1. The van der Waals surface area contributed by atoms with Crippen LogP contribution < -0.4 is 10.6 Å². The van der Waals surface area contributed by atoms with Crippen LogP contribution in [-0.4, -0.2) is 53.6 Å². The number of thiophene rings is 1. The zero-order chi connectivity index (χ0) is 19.4. The van der Waals surface area contributed by atoms with Gasteiger partial charge in [0.1, 0.15) is 12.1 Å². The molecule has 1 atom stereocenters. The zero-order valence-electron chi connectivity index (χ0n) is 16.9. The Hall–Kier alpha value is -1.76. The lowest BCUT2D eigenvalue weighted by molar-refractivity contribution is 0.235. The van der Waals surface area contributed by atoms with Crippen molar-refractivity contribution in [3.8, 4) is 0 Å². The lowest BCUT2D eigenvalue weighted by atomic mass is 9.95.